The molecule has 0 amide bonds. The number of furan rings is 1. The van der Waals surface area contributed by atoms with Gasteiger partial charge in [0.2, 0.25) is 10.0 Å². The number of benzene rings is 2. The van der Waals surface area contributed by atoms with Crippen LogP contribution in [0.5, 0.6) is 0 Å². The summed E-state index contributed by atoms with van der Waals surface area (Å²) >= 11 is 0. The highest BCUT2D eigenvalue weighted by atomic mass is 32.2. The third kappa shape index (κ3) is 4.29. The van der Waals surface area contributed by atoms with E-state index in [-0.39, 0.29) is 15.6 Å². The van der Waals surface area contributed by atoms with E-state index in [0.717, 1.165) is 48.5 Å². The van der Waals surface area contributed by atoms with Crippen LogP contribution in [-0.4, -0.2) is 23.4 Å². The number of hydrogen-bond acceptors (Lipinski definition) is 5. The summed E-state index contributed by atoms with van der Waals surface area (Å²) in [6, 6.07) is 11.1. The lowest BCUT2D eigenvalue weighted by Gasteiger charge is -2.17. The Bertz CT molecular complexity index is 1140. The lowest BCUT2D eigenvalue weighted by molar-refractivity contribution is 0.486. The van der Waals surface area contributed by atoms with E-state index < -0.39 is 43.3 Å². The maximum Gasteiger partial charge on any atom is 0.240 e. The van der Waals surface area contributed by atoms with Gasteiger partial charge in [-0.25, -0.2) is 30.3 Å². The Hall–Kier alpha value is -2.56. The molecule has 0 radical (unpaired) electrons. The van der Waals surface area contributed by atoms with Gasteiger partial charge in [-0.1, -0.05) is 0 Å². The summed E-state index contributed by atoms with van der Waals surface area (Å²) < 4.78 is 84.3. The van der Waals surface area contributed by atoms with Crippen LogP contribution >= 0.6 is 0 Å². The highest BCUT2D eigenvalue weighted by molar-refractivity contribution is 7.92. The fourth-order valence-electron chi connectivity index (χ4n) is 2.51. The summed E-state index contributed by atoms with van der Waals surface area (Å²) in [6.07, 6.45) is 1.26. The molecule has 0 saturated carbocycles. The van der Waals surface area contributed by atoms with Crippen LogP contribution < -0.4 is 4.72 Å². The Morgan fingerprint density at radius 1 is 0.821 bits per heavy atom. The quantitative estimate of drug-likeness (QED) is 0.585. The first-order chi connectivity index (χ1) is 13.2. The van der Waals surface area contributed by atoms with E-state index in [1.54, 1.807) is 0 Å². The van der Waals surface area contributed by atoms with E-state index in [2.05, 4.69) is 4.72 Å². The van der Waals surface area contributed by atoms with Gasteiger partial charge in [0, 0.05) is 6.54 Å². The third-order valence-electron chi connectivity index (χ3n) is 3.96. The van der Waals surface area contributed by atoms with Crippen molar-refractivity contribution in [1.29, 1.82) is 0 Å². The number of hydrogen-bond donors (Lipinski definition) is 1. The molecule has 2 aromatic carbocycles. The molecule has 1 heterocycles. The topological polar surface area (TPSA) is 93.4 Å². The number of sulfonamides is 1. The minimum absolute atomic E-state index is 0.0196. The monoisotopic (exact) mass is 427 g/mol. The number of rotatable bonds is 7. The second-order valence-electron chi connectivity index (χ2n) is 5.81. The molecule has 1 N–H and O–H groups in total. The molecule has 1 atom stereocenters. The normalized spacial score (nSPS) is 13.4. The fraction of sp³-hybridized carbons (Fsp3) is 0.111. The van der Waals surface area contributed by atoms with Gasteiger partial charge in [0.25, 0.3) is 0 Å². The highest BCUT2D eigenvalue weighted by Crippen LogP contribution is 2.29. The Balaban J connectivity index is 1.91. The fourth-order valence-corrected chi connectivity index (χ4v) is 5.25. The molecule has 28 heavy (non-hydrogen) atoms. The molecule has 6 nitrogen and oxygen atoms in total. The summed E-state index contributed by atoms with van der Waals surface area (Å²) in [6.45, 7) is -0.535. The van der Waals surface area contributed by atoms with Crippen molar-refractivity contribution in [3.63, 3.8) is 0 Å². The van der Waals surface area contributed by atoms with Crippen LogP contribution in [-0.2, 0) is 19.9 Å². The van der Waals surface area contributed by atoms with Crippen LogP contribution in [0.3, 0.4) is 0 Å². The number of nitrogens with one attached hydrogen (secondary N) is 1. The van der Waals surface area contributed by atoms with Crippen LogP contribution in [0.1, 0.15) is 11.0 Å². The summed E-state index contributed by atoms with van der Waals surface area (Å²) in [7, 11) is -8.19. The van der Waals surface area contributed by atoms with Gasteiger partial charge < -0.3 is 4.42 Å². The summed E-state index contributed by atoms with van der Waals surface area (Å²) in [5, 5.41) is -1.39. The molecule has 0 bridgehead atoms. The van der Waals surface area contributed by atoms with Crippen LogP contribution in [0.15, 0.2) is 81.1 Å². The smallest absolute Gasteiger partial charge is 0.240 e. The second kappa shape index (κ2) is 7.82. The van der Waals surface area contributed by atoms with Gasteiger partial charge in [-0.15, -0.1) is 0 Å². The van der Waals surface area contributed by atoms with Crippen LogP contribution in [0.2, 0.25) is 0 Å². The van der Waals surface area contributed by atoms with Crippen molar-refractivity contribution in [2.45, 2.75) is 15.0 Å². The molecule has 0 aliphatic carbocycles. The van der Waals surface area contributed by atoms with E-state index in [4.69, 9.17) is 4.42 Å². The first-order valence-electron chi connectivity index (χ1n) is 7.98. The van der Waals surface area contributed by atoms with Gasteiger partial charge in [0.15, 0.2) is 9.84 Å². The average molecular weight is 427 g/mol. The predicted molar refractivity (Wildman–Crippen MR) is 96.6 cm³/mol. The van der Waals surface area contributed by atoms with E-state index in [9.17, 15) is 25.6 Å². The summed E-state index contributed by atoms with van der Waals surface area (Å²) in [5.74, 6) is -1.19. The molecule has 0 unspecified atom stereocenters. The lowest BCUT2D eigenvalue weighted by atomic mass is 10.3. The van der Waals surface area contributed by atoms with Crippen LogP contribution in [0, 0.1) is 11.6 Å². The van der Waals surface area contributed by atoms with Gasteiger partial charge in [0.05, 0.1) is 16.1 Å². The predicted octanol–water partition coefficient (Wildman–Crippen LogP) is 3.05. The van der Waals surface area contributed by atoms with E-state index >= 15 is 0 Å². The molecule has 148 valence electrons. The van der Waals surface area contributed by atoms with Crippen molar-refractivity contribution in [2.75, 3.05) is 6.54 Å². The molecule has 0 fully saturated rings. The van der Waals surface area contributed by atoms with Crippen molar-refractivity contribution in [3.05, 3.63) is 84.3 Å². The number of sulfone groups is 1. The van der Waals surface area contributed by atoms with Gasteiger partial charge >= 0.3 is 0 Å². The lowest BCUT2D eigenvalue weighted by Crippen LogP contribution is -2.31. The molecule has 3 rings (SSSR count). The second-order valence-corrected chi connectivity index (χ2v) is 9.71. The Morgan fingerprint density at radius 3 is 1.86 bits per heavy atom. The zero-order valence-electron chi connectivity index (χ0n) is 14.2. The summed E-state index contributed by atoms with van der Waals surface area (Å²) in [5.41, 5.74) is 0. The van der Waals surface area contributed by atoms with Crippen molar-refractivity contribution >= 4 is 19.9 Å². The number of halogens is 2. The minimum atomic E-state index is -4.10. The zero-order chi connectivity index (χ0) is 20.4. The Morgan fingerprint density at radius 2 is 1.36 bits per heavy atom. The average Bonchev–Trinajstić information content (AvgIpc) is 3.16. The van der Waals surface area contributed by atoms with Crippen molar-refractivity contribution in [2.24, 2.45) is 0 Å². The van der Waals surface area contributed by atoms with Crippen LogP contribution in [0.4, 0.5) is 8.78 Å². The van der Waals surface area contributed by atoms with Gasteiger partial charge in [-0.3, -0.25) is 0 Å². The Labute approximate surface area is 160 Å². The molecule has 1 aromatic heterocycles. The molecule has 0 spiro atoms. The van der Waals surface area contributed by atoms with Crippen molar-refractivity contribution in [3.8, 4) is 0 Å². The van der Waals surface area contributed by atoms with Gasteiger partial charge in [-0.05, 0) is 60.7 Å². The van der Waals surface area contributed by atoms with Gasteiger partial charge in [0.1, 0.15) is 22.6 Å². The standard InChI is InChI=1S/C18H15F2NO5S2/c19-13-3-7-15(8-4-13)27(22,23)18(17-2-1-11-26-17)12-21-28(24,25)16-9-5-14(20)6-10-16/h1-11,18,21H,12H2/t18-/m1/s1. The molecule has 3 aromatic rings. The van der Waals surface area contributed by atoms with Crippen molar-refractivity contribution in [1.82, 2.24) is 4.72 Å². The van der Waals surface area contributed by atoms with E-state index in [1.165, 1.54) is 18.4 Å². The molecule has 0 aliphatic heterocycles. The van der Waals surface area contributed by atoms with E-state index in [0.29, 0.717) is 0 Å². The maximum atomic E-state index is 13.1. The molecule has 0 saturated heterocycles. The maximum absolute atomic E-state index is 13.1. The molecular formula is C18H15F2NO5S2. The largest absolute Gasteiger partial charge is 0.468 e. The summed E-state index contributed by atoms with van der Waals surface area (Å²) in [4.78, 5) is -0.400. The van der Waals surface area contributed by atoms with Crippen molar-refractivity contribution < 1.29 is 30.0 Å². The Kier molecular flexibility index (Phi) is 5.64. The molecule has 0 aliphatic rings. The molecular weight excluding hydrogens is 412 g/mol. The third-order valence-corrected chi connectivity index (χ3v) is 7.48. The van der Waals surface area contributed by atoms with E-state index in [1.807, 2.05) is 0 Å². The molecule has 10 heteroatoms. The zero-order valence-corrected chi connectivity index (χ0v) is 15.9. The SMILES string of the molecule is O=S(=O)(NC[C@H](c1ccco1)S(=O)(=O)c1ccc(F)cc1)c1ccc(F)cc1. The minimum Gasteiger partial charge on any atom is -0.468 e. The van der Waals surface area contributed by atoms with Crippen LogP contribution in [0.25, 0.3) is 0 Å². The highest BCUT2D eigenvalue weighted by Gasteiger charge is 2.33. The first-order valence-corrected chi connectivity index (χ1v) is 11.0. The van der Waals surface area contributed by atoms with Gasteiger partial charge in [-0.2, -0.15) is 0 Å². The first kappa shape index (κ1) is 20.2.